The number of amides is 11. The van der Waals surface area contributed by atoms with Gasteiger partial charge in [0.05, 0.1) is 25.7 Å². The quantitative estimate of drug-likeness (QED) is 0.0185. The number of aliphatic hydroxyl groups is 2. The van der Waals surface area contributed by atoms with Gasteiger partial charge in [0.1, 0.15) is 71.9 Å². The highest BCUT2D eigenvalue weighted by Crippen LogP contribution is 2.37. The van der Waals surface area contributed by atoms with E-state index < -0.39 is 234 Å². The van der Waals surface area contributed by atoms with E-state index in [9.17, 15) is 117 Å². The molecule has 0 saturated carbocycles. The number of phenols is 1. The molecule has 0 radical (unpaired) electrons. The van der Waals surface area contributed by atoms with Crippen LogP contribution in [0.1, 0.15) is 94.7 Å². The van der Waals surface area contributed by atoms with Crippen LogP contribution in [0.25, 0.3) is 0 Å². The Kier molecular flexibility index (Phi) is 36.3. The minimum Gasteiger partial charge on any atom is -0.508 e. The van der Waals surface area contributed by atoms with Gasteiger partial charge >= 0.3 is 31.7 Å². The van der Waals surface area contributed by atoms with Crippen LogP contribution < -0.4 is 74.9 Å². The highest BCUT2D eigenvalue weighted by Gasteiger charge is 2.38. The number of hydrogen-bond acceptors (Lipinski definition) is 22. The minimum atomic E-state index is -5.11. The van der Waals surface area contributed by atoms with Gasteiger partial charge in [0.2, 0.25) is 65.0 Å². The molecule has 0 aromatic heterocycles. The van der Waals surface area contributed by atoms with Crippen molar-refractivity contribution in [3.63, 3.8) is 0 Å². The van der Waals surface area contributed by atoms with Crippen molar-refractivity contribution in [2.24, 2.45) is 23.1 Å². The Bertz CT molecular complexity index is 3490. The average molecular weight is 1470 g/mol. The SMILES string of the molecule is CC(C)[C@H](NC(=O)[C@@H](N)CCC(=O)O)C(=O)N[C@@H](CO)C(=O)N[C@@H](Cc1ccccc1)C(=O)N[C@@H](Cc1ccc(OP(=O)(O)O)cc1)C(=O)N[C@@H](Cc1ccc(O)cc1)C(=O)N[C@@H](CO)C(=O)N[C@@H](CCC(=O)O)C(=O)N[C@@H](CCC(=O)O)C(=O)N[C@@H](CC(N)=O)C(=O)N[C@@H](CCCCN)C(=O)O. The van der Waals surface area contributed by atoms with Crippen LogP contribution in [0.2, 0.25) is 0 Å². The maximum Gasteiger partial charge on any atom is 0.524 e. The Morgan fingerprint density at radius 1 is 0.437 bits per heavy atom. The van der Waals surface area contributed by atoms with Crippen LogP contribution >= 0.6 is 7.82 Å². The van der Waals surface area contributed by atoms with E-state index in [0.717, 1.165) is 12.1 Å². The van der Waals surface area contributed by atoms with Crippen LogP contribution in [0.5, 0.6) is 11.5 Å². The number of phenolic OH excluding ortho intramolecular Hbond substituents is 1. The number of nitrogens with one attached hydrogen (secondary N) is 10. The maximum absolute atomic E-state index is 14.9. The fraction of sp³-hybridized carbons (Fsp3) is 0.476. The van der Waals surface area contributed by atoms with Crippen molar-refractivity contribution < 1.29 is 127 Å². The molecular weight excluding hydrogens is 1390 g/mol. The second kappa shape index (κ2) is 43.2. The standard InChI is InChI=1S/C63H88N13O26P/c1-32(2)52(76-53(87)38(65)19-22-49(81)82)62(96)75-47(31-78)61(95)72-42(26-33-8-4-3-5-9-33)56(90)70-43(28-35-13-17-37(18-14-35)102-103(99,100)101)57(91)71-44(27-34-11-15-36(79)16-12-34)58(92)74-46(30-77)60(94)68-39(20-23-50(83)84)54(88)67-40(21-24-51(85)86)55(89)73-45(29-48(66)80)59(93)69-41(63(97)98)10-6-7-25-64/h3-5,8-9,11-18,32,38-47,52,77-79H,6-7,10,19-31,64-65H2,1-2H3,(H2,66,80)(H,67,88)(H,68,94)(H,69,93)(H,70,90)(H,71,91)(H,72,95)(H,73,89)(H,74,92)(H,75,96)(H,76,87)(H,81,82)(H,83,84)(H,85,86)(H,97,98)(H2,99,100,101)/t38-,39-,40-,41-,42-,43-,44-,45-,46-,47-,52-/m0/s1. The first-order valence-electron chi connectivity index (χ1n) is 32.0. The van der Waals surface area contributed by atoms with Crippen molar-refractivity contribution >= 4 is 96.7 Å². The summed E-state index contributed by atoms with van der Waals surface area (Å²) in [6, 6.07) is -2.21. The van der Waals surface area contributed by atoms with Gasteiger partial charge < -0.3 is 111 Å². The number of aromatic hydroxyl groups is 1. The lowest BCUT2D eigenvalue weighted by molar-refractivity contribution is -0.143. The fourth-order valence-electron chi connectivity index (χ4n) is 9.67. The summed E-state index contributed by atoms with van der Waals surface area (Å²) in [5.74, 6) is -20.6. The number of primary amides is 1. The summed E-state index contributed by atoms with van der Waals surface area (Å²) in [6.07, 6.45) is -6.12. The van der Waals surface area contributed by atoms with Crippen molar-refractivity contribution in [1.82, 2.24) is 53.2 Å². The molecule has 3 aromatic carbocycles. The normalized spacial score (nSPS) is 14.4. The minimum absolute atomic E-state index is 0.127. The predicted octanol–water partition coefficient (Wildman–Crippen LogP) is -5.61. The molecule has 0 fully saturated rings. The van der Waals surface area contributed by atoms with Crippen LogP contribution in [0.15, 0.2) is 78.9 Å². The third-order valence-electron chi connectivity index (χ3n) is 15.2. The summed E-state index contributed by atoms with van der Waals surface area (Å²) < 4.78 is 16.3. The first kappa shape index (κ1) is 86.5. The Morgan fingerprint density at radius 2 is 0.796 bits per heavy atom. The third-order valence-corrected chi connectivity index (χ3v) is 15.6. The zero-order valence-corrected chi connectivity index (χ0v) is 56.8. The summed E-state index contributed by atoms with van der Waals surface area (Å²) in [5.41, 5.74) is 17.4. The van der Waals surface area contributed by atoms with E-state index in [1.165, 1.54) is 50.2 Å². The van der Waals surface area contributed by atoms with E-state index in [2.05, 4.69) is 57.7 Å². The number of aliphatic hydroxyl groups excluding tert-OH is 2. The van der Waals surface area contributed by atoms with Crippen molar-refractivity contribution in [3.8, 4) is 11.5 Å². The van der Waals surface area contributed by atoms with Gasteiger partial charge in [0, 0.05) is 38.5 Å². The zero-order chi connectivity index (χ0) is 77.3. The van der Waals surface area contributed by atoms with Crippen LogP contribution in [-0.2, 0) is 95.7 Å². The largest absolute Gasteiger partial charge is 0.524 e. The molecule has 11 atom stereocenters. The molecule has 0 aliphatic rings. The average Bonchev–Trinajstić information content (AvgIpc) is 0.847. The topological polar surface area (TPSA) is 663 Å². The Labute approximate surface area is 588 Å². The predicted molar refractivity (Wildman–Crippen MR) is 356 cm³/mol. The molecule has 3 aromatic rings. The number of phosphoric acid groups is 1. The van der Waals surface area contributed by atoms with Crippen LogP contribution in [0.3, 0.4) is 0 Å². The number of carboxylic acids is 4. The van der Waals surface area contributed by atoms with E-state index in [1.807, 2.05) is 0 Å². The molecule has 0 saturated heterocycles. The molecule has 0 heterocycles. The number of rotatable bonds is 47. The summed E-state index contributed by atoms with van der Waals surface area (Å²) in [4.78, 5) is 218. The molecule has 11 amide bonds. The summed E-state index contributed by atoms with van der Waals surface area (Å²) in [7, 11) is -5.11. The molecular formula is C63H88N13O26P. The first-order valence-corrected chi connectivity index (χ1v) is 33.5. The molecule has 103 heavy (non-hydrogen) atoms. The Balaban J connectivity index is 2.08. The van der Waals surface area contributed by atoms with Gasteiger partial charge in [0.25, 0.3) is 0 Å². The number of hydrogen-bond donors (Lipinski definition) is 22. The number of unbranched alkanes of at least 4 members (excludes halogenated alkanes) is 1. The van der Waals surface area contributed by atoms with Gasteiger partial charge in [-0.1, -0.05) is 68.4 Å². The van der Waals surface area contributed by atoms with Gasteiger partial charge in [-0.05, 0) is 91.9 Å². The lowest BCUT2D eigenvalue weighted by Gasteiger charge is -2.28. The smallest absolute Gasteiger partial charge is 0.508 e. The molecule has 0 bridgehead atoms. The lowest BCUT2D eigenvalue weighted by Crippen LogP contribution is -2.62. The Morgan fingerprint density at radius 3 is 1.19 bits per heavy atom. The van der Waals surface area contributed by atoms with Crippen molar-refractivity contribution in [1.29, 1.82) is 0 Å². The molecule has 0 aliphatic heterocycles. The molecule has 0 unspecified atom stereocenters. The number of carboxylic acid groups (broad SMARTS) is 4. The highest BCUT2D eigenvalue weighted by atomic mass is 31.2. The summed E-state index contributed by atoms with van der Waals surface area (Å²) >= 11 is 0. The second-order valence-electron chi connectivity index (χ2n) is 23.8. The van der Waals surface area contributed by atoms with E-state index in [4.69, 9.17) is 22.3 Å². The molecule has 25 N–H and O–H groups in total. The van der Waals surface area contributed by atoms with E-state index in [1.54, 1.807) is 30.3 Å². The van der Waals surface area contributed by atoms with Crippen LogP contribution in [-0.4, -0.2) is 221 Å². The number of aliphatic carboxylic acids is 4. The third kappa shape index (κ3) is 32.2. The van der Waals surface area contributed by atoms with Gasteiger partial charge in [-0.3, -0.25) is 76.9 Å². The maximum atomic E-state index is 14.9. The van der Waals surface area contributed by atoms with Crippen molar-refractivity contribution in [2.75, 3.05) is 19.8 Å². The number of phosphoric ester groups is 1. The fourth-order valence-corrected chi connectivity index (χ4v) is 10.1. The van der Waals surface area contributed by atoms with Crippen LogP contribution in [0.4, 0.5) is 0 Å². The van der Waals surface area contributed by atoms with E-state index in [-0.39, 0.29) is 54.9 Å². The molecule has 3 rings (SSSR count). The van der Waals surface area contributed by atoms with Crippen molar-refractivity contribution in [3.05, 3.63) is 95.6 Å². The first-order chi connectivity index (χ1) is 48.4. The number of nitrogens with two attached hydrogens (primary N) is 3. The lowest BCUT2D eigenvalue weighted by atomic mass is 10.0. The number of carbonyl (C=O) groups excluding carboxylic acids is 11. The van der Waals surface area contributed by atoms with Crippen LogP contribution in [0, 0.1) is 5.92 Å². The molecule has 0 aliphatic carbocycles. The summed E-state index contributed by atoms with van der Waals surface area (Å²) in [6.45, 7) is 0.778. The highest BCUT2D eigenvalue weighted by molar-refractivity contribution is 7.46. The summed E-state index contributed by atoms with van der Waals surface area (Å²) in [5, 5.41) is 92.1. The molecule has 566 valence electrons. The molecule has 40 heteroatoms. The number of carbonyl (C=O) groups is 15. The van der Waals surface area contributed by atoms with Crippen molar-refractivity contribution in [2.45, 2.75) is 164 Å². The van der Waals surface area contributed by atoms with E-state index in [0.29, 0.717) is 12.0 Å². The van der Waals surface area contributed by atoms with Gasteiger partial charge in [-0.2, -0.15) is 0 Å². The monoisotopic (exact) mass is 1470 g/mol. The number of benzene rings is 3. The molecule has 39 nitrogen and oxygen atoms in total. The van der Waals surface area contributed by atoms with E-state index >= 15 is 0 Å². The molecule has 0 spiro atoms. The van der Waals surface area contributed by atoms with Gasteiger partial charge in [0.15, 0.2) is 0 Å². The Hall–Kier alpha value is -10.7. The zero-order valence-electron chi connectivity index (χ0n) is 55.9. The van der Waals surface area contributed by atoms with Gasteiger partial charge in [-0.25, -0.2) is 9.36 Å². The van der Waals surface area contributed by atoms with Gasteiger partial charge in [-0.15, -0.1) is 0 Å². The second-order valence-corrected chi connectivity index (χ2v) is 25.0.